The predicted octanol–water partition coefficient (Wildman–Crippen LogP) is 2.17. The van der Waals surface area contributed by atoms with E-state index in [-0.39, 0.29) is 10.8 Å². The number of sulfonamides is 1. The molecule has 0 bridgehead atoms. The largest absolute Gasteiger partial charge is 0.375 e. The highest BCUT2D eigenvalue weighted by Gasteiger charge is 2.10. The van der Waals surface area contributed by atoms with Crippen molar-refractivity contribution in [2.45, 2.75) is 24.2 Å². The summed E-state index contributed by atoms with van der Waals surface area (Å²) in [4.78, 5) is 14.4. The summed E-state index contributed by atoms with van der Waals surface area (Å²) in [6.45, 7) is 1.50. The third-order valence-corrected chi connectivity index (χ3v) is 5.76. The maximum Gasteiger partial charge on any atom is 0.240 e. The number of nitrogens with zero attached hydrogens (tertiary/aromatic N) is 1. The van der Waals surface area contributed by atoms with Crippen LogP contribution in [0.25, 0.3) is 0 Å². The number of carbonyl (C=O) groups excluding carboxylic acids is 1. The van der Waals surface area contributed by atoms with Crippen LogP contribution in [0, 0.1) is 0 Å². The Morgan fingerprint density at radius 3 is 2.33 bits per heavy atom. The lowest BCUT2D eigenvalue weighted by molar-refractivity contribution is -0.121. The zero-order valence-corrected chi connectivity index (χ0v) is 16.6. The molecule has 2 aromatic rings. The zero-order valence-electron chi connectivity index (χ0n) is 15.8. The van der Waals surface area contributed by atoms with E-state index >= 15 is 0 Å². The minimum absolute atomic E-state index is 0.00397. The number of benzene rings is 2. The van der Waals surface area contributed by atoms with Gasteiger partial charge in [-0.25, -0.2) is 13.1 Å². The van der Waals surface area contributed by atoms with E-state index < -0.39 is 10.0 Å². The van der Waals surface area contributed by atoms with Crippen LogP contribution in [0.2, 0.25) is 0 Å². The second kappa shape index (κ2) is 10.1. The molecule has 146 valence electrons. The van der Waals surface area contributed by atoms with Crippen LogP contribution in [-0.4, -0.2) is 41.5 Å². The van der Waals surface area contributed by atoms with Gasteiger partial charge >= 0.3 is 0 Å². The molecule has 2 N–H and O–H groups in total. The van der Waals surface area contributed by atoms with Crippen LogP contribution in [0.5, 0.6) is 0 Å². The molecule has 0 heterocycles. The third kappa shape index (κ3) is 6.69. The van der Waals surface area contributed by atoms with E-state index in [9.17, 15) is 13.2 Å². The van der Waals surface area contributed by atoms with Crippen LogP contribution in [-0.2, 0) is 21.2 Å². The third-order valence-electron chi connectivity index (χ3n) is 4.33. The van der Waals surface area contributed by atoms with E-state index in [4.69, 9.17) is 0 Å². The van der Waals surface area contributed by atoms with E-state index in [0.29, 0.717) is 19.4 Å². The van der Waals surface area contributed by atoms with Crippen LogP contribution in [0.3, 0.4) is 0 Å². The zero-order chi connectivity index (χ0) is 19.7. The second-order valence-electron chi connectivity index (χ2n) is 6.31. The van der Waals surface area contributed by atoms with E-state index in [1.54, 1.807) is 24.3 Å². The van der Waals surface area contributed by atoms with Crippen molar-refractivity contribution < 1.29 is 13.2 Å². The first kappa shape index (κ1) is 20.9. The second-order valence-corrected chi connectivity index (χ2v) is 8.20. The van der Waals surface area contributed by atoms with Crippen LogP contribution >= 0.6 is 0 Å². The molecule has 0 aliphatic carbocycles. The van der Waals surface area contributed by atoms with Gasteiger partial charge in [-0.05, 0) is 49.7 Å². The fraction of sp³-hybridized carbons (Fsp3) is 0.350. The smallest absolute Gasteiger partial charge is 0.240 e. The summed E-state index contributed by atoms with van der Waals surface area (Å²) in [5.41, 5.74) is 2.09. The number of hydrogen-bond acceptors (Lipinski definition) is 4. The van der Waals surface area contributed by atoms with E-state index in [0.717, 1.165) is 24.2 Å². The highest BCUT2D eigenvalue weighted by Crippen LogP contribution is 2.12. The van der Waals surface area contributed by atoms with Gasteiger partial charge in [0.1, 0.15) is 0 Å². The molecular formula is C20H27N3O3S. The molecule has 7 heteroatoms. The Hall–Kier alpha value is -2.38. The Morgan fingerprint density at radius 1 is 1.04 bits per heavy atom. The molecule has 0 saturated heterocycles. The van der Waals surface area contributed by atoms with Crippen molar-refractivity contribution in [1.82, 2.24) is 10.0 Å². The van der Waals surface area contributed by atoms with Gasteiger partial charge in [0, 0.05) is 32.2 Å². The Labute approximate surface area is 161 Å². The van der Waals surface area contributed by atoms with Crippen molar-refractivity contribution in [3.63, 3.8) is 0 Å². The van der Waals surface area contributed by atoms with Gasteiger partial charge < -0.3 is 10.2 Å². The fourth-order valence-corrected chi connectivity index (χ4v) is 3.39. The van der Waals surface area contributed by atoms with Crippen molar-refractivity contribution in [1.29, 1.82) is 0 Å². The number of para-hydroxylation sites is 1. The first-order valence-electron chi connectivity index (χ1n) is 8.98. The molecule has 0 spiro atoms. The first-order valence-corrected chi connectivity index (χ1v) is 10.5. The Balaban J connectivity index is 1.67. The monoisotopic (exact) mass is 389 g/mol. The molecule has 0 aliphatic heterocycles. The summed E-state index contributed by atoms with van der Waals surface area (Å²) >= 11 is 0. The summed E-state index contributed by atoms with van der Waals surface area (Å²) in [6.07, 6.45) is 1.83. The maximum atomic E-state index is 12.0. The molecule has 0 aliphatic rings. The van der Waals surface area contributed by atoms with E-state index in [2.05, 4.69) is 27.1 Å². The molecule has 27 heavy (non-hydrogen) atoms. The van der Waals surface area contributed by atoms with Crippen molar-refractivity contribution in [3.05, 3.63) is 60.2 Å². The van der Waals surface area contributed by atoms with Gasteiger partial charge in [-0.15, -0.1) is 0 Å². The van der Waals surface area contributed by atoms with Crippen LogP contribution in [0.15, 0.2) is 59.5 Å². The first-order chi connectivity index (χ1) is 12.9. The van der Waals surface area contributed by atoms with E-state index in [1.807, 2.05) is 25.2 Å². The fourth-order valence-electron chi connectivity index (χ4n) is 2.65. The SMILES string of the molecule is CNS(=O)(=O)c1ccc(CCC(=O)NCCCN(C)c2ccccc2)cc1. The Morgan fingerprint density at radius 2 is 1.70 bits per heavy atom. The standard InChI is InChI=1S/C20H27N3O3S/c1-21-27(25,26)19-12-9-17(10-13-19)11-14-20(24)22-15-6-16-23(2)18-7-4-3-5-8-18/h3-5,7-10,12-13,21H,6,11,14-16H2,1-2H3,(H,22,24). The predicted molar refractivity (Wildman–Crippen MR) is 108 cm³/mol. The Bertz CT molecular complexity index is 821. The molecule has 2 rings (SSSR count). The topological polar surface area (TPSA) is 78.5 Å². The molecule has 0 atom stereocenters. The van der Waals surface area contributed by atoms with Crippen molar-refractivity contribution >= 4 is 21.6 Å². The summed E-state index contributed by atoms with van der Waals surface area (Å²) in [5.74, 6) is 0.00397. The molecular weight excluding hydrogens is 362 g/mol. The lowest BCUT2D eigenvalue weighted by Crippen LogP contribution is -2.28. The molecule has 0 radical (unpaired) electrons. The number of rotatable bonds is 10. The Kier molecular flexibility index (Phi) is 7.82. The maximum absolute atomic E-state index is 12.0. The van der Waals surface area contributed by atoms with Crippen LogP contribution < -0.4 is 14.9 Å². The van der Waals surface area contributed by atoms with Gasteiger partial charge in [0.15, 0.2) is 0 Å². The van der Waals surface area contributed by atoms with E-state index in [1.165, 1.54) is 7.05 Å². The number of amides is 1. The molecule has 0 saturated carbocycles. The number of anilines is 1. The average Bonchev–Trinajstić information content (AvgIpc) is 2.70. The molecule has 2 aromatic carbocycles. The highest BCUT2D eigenvalue weighted by atomic mass is 32.2. The van der Waals surface area contributed by atoms with Crippen molar-refractivity contribution in [2.75, 3.05) is 32.1 Å². The number of nitrogens with one attached hydrogen (secondary N) is 2. The van der Waals surface area contributed by atoms with Crippen LogP contribution in [0.4, 0.5) is 5.69 Å². The minimum Gasteiger partial charge on any atom is -0.375 e. The van der Waals surface area contributed by atoms with Gasteiger partial charge in [0.05, 0.1) is 4.90 Å². The number of carbonyl (C=O) groups is 1. The van der Waals surface area contributed by atoms with Crippen molar-refractivity contribution in [2.24, 2.45) is 0 Å². The minimum atomic E-state index is -3.42. The molecule has 1 amide bonds. The molecule has 0 unspecified atom stereocenters. The van der Waals surface area contributed by atoms with Gasteiger partial charge in [-0.3, -0.25) is 4.79 Å². The summed E-state index contributed by atoms with van der Waals surface area (Å²) in [6, 6.07) is 16.7. The van der Waals surface area contributed by atoms with Gasteiger partial charge in [0.25, 0.3) is 0 Å². The number of hydrogen-bond donors (Lipinski definition) is 2. The number of aryl methyl sites for hydroxylation is 1. The van der Waals surface area contributed by atoms with Gasteiger partial charge in [-0.1, -0.05) is 30.3 Å². The molecule has 0 aromatic heterocycles. The quantitative estimate of drug-likeness (QED) is 0.611. The lowest BCUT2D eigenvalue weighted by atomic mass is 10.1. The summed E-state index contributed by atoms with van der Waals surface area (Å²) < 4.78 is 25.6. The summed E-state index contributed by atoms with van der Waals surface area (Å²) in [7, 11) is -0.00471. The summed E-state index contributed by atoms with van der Waals surface area (Å²) in [5, 5.41) is 2.93. The normalized spacial score (nSPS) is 11.2. The highest BCUT2D eigenvalue weighted by molar-refractivity contribution is 7.89. The van der Waals surface area contributed by atoms with Crippen molar-refractivity contribution in [3.8, 4) is 0 Å². The van der Waals surface area contributed by atoms with Gasteiger partial charge in [-0.2, -0.15) is 0 Å². The van der Waals surface area contributed by atoms with Crippen LogP contribution in [0.1, 0.15) is 18.4 Å². The molecule has 0 fully saturated rings. The average molecular weight is 390 g/mol. The lowest BCUT2D eigenvalue weighted by Gasteiger charge is -2.19. The van der Waals surface area contributed by atoms with Gasteiger partial charge in [0.2, 0.25) is 15.9 Å². The molecule has 6 nitrogen and oxygen atoms in total.